The number of hydrogen-bond donors (Lipinski definition) is 0. The van der Waals surface area contributed by atoms with Gasteiger partial charge in [-0.15, -0.1) is 0 Å². The Labute approximate surface area is 109 Å². The molecule has 3 heteroatoms. The molecule has 0 heterocycles. The standard InChI is InChI=1S/C15H22O3/c1-11(2)14(16)7-5-6-12-10-13(17-3)8-9-15(12)18-4/h8-11H,5-7H2,1-4H3. The van der Waals surface area contributed by atoms with Gasteiger partial charge in [0.25, 0.3) is 0 Å². The van der Waals surface area contributed by atoms with E-state index in [1.165, 1.54) is 0 Å². The monoisotopic (exact) mass is 250 g/mol. The van der Waals surface area contributed by atoms with Gasteiger partial charge in [-0.3, -0.25) is 4.79 Å². The molecule has 0 atom stereocenters. The Morgan fingerprint density at radius 2 is 1.94 bits per heavy atom. The molecule has 0 saturated heterocycles. The molecule has 1 aromatic rings. The van der Waals surface area contributed by atoms with Crippen molar-refractivity contribution in [1.29, 1.82) is 0 Å². The molecule has 0 amide bonds. The van der Waals surface area contributed by atoms with Gasteiger partial charge in [-0.05, 0) is 36.6 Å². The minimum atomic E-state index is 0.122. The Balaban J connectivity index is 2.62. The average Bonchev–Trinajstić information content (AvgIpc) is 2.38. The first-order valence-electron chi connectivity index (χ1n) is 6.32. The minimum Gasteiger partial charge on any atom is -0.497 e. The van der Waals surface area contributed by atoms with E-state index < -0.39 is 0 Å². The first kappa shape index (κ1) is 14.6. The summed E-state index contributed by atoms with van der Waals surface area (Å²) in [6, 6.07) is 5.75. The second kappa shape index (κ2) is 7.04. The van der Waals surface area contributed by atoms with Crippen LogP contribution in [0.3, 0.4) is 0 Å². The van der Waals surface area contributed by atoms with Gasteiger partial charge in [-0.25, -0.2) is 0 Å². The molecule has 0 N–H and O–H groups in total. The van der Waals surface area contributed by atoms with E-state index in [1.807, 2.05) is 32.0 Å². The van der Waals surface area contributed by atoms with Crippen molar-refractivity contribution in [2.24, 2.45) is 5.92 Å². The highest BCUT2D eigenvalue weighted by Crippen LogP contribution is 2.25. The quantitative estimate of drug-likeness (QED) is 0.745. The van der Waals surface area contributed by atoms with E-state index in [0.29, 0.717) is 12.2 Å². The summed E-state index contributed by atoms with van der Waals surface area (Å²) in [5.74, 6) is 2.11. The van der Waals surface area contributed by atoms with Crippen LogP contribution in [0.2, 0.25) is 0 Å². The fraction of sp³-hybridized carbons (Fsp3) is 0.533. The summed E-state index contributed by atoms with van der Waals surface area (Å²) in [4.78, 5) is 11.6. The number of aryl methyl sites for hydroxylation is 1. The lowest BCUT2D eigenvalue weighted by Gasteiger charge is -2.10. The Hall–Kier alpha value is -1.51. The lowest BCUT2D eigenvalue weighted by atomic mass is 10.0. The second-order valence-corrected chi connectivity index (χ2v) is 4.65. The minimum absolute atomic E-state index is 0.122. The van der Waals surface area contributed by atoms with Crippen LogP contribution in [-0.2, 0) is 11.2 Å². The molecule has 0 radical (unpaired) electrons. The number of methoxy groups -OCH3 is 2. The Morgan fingerprint density at radius 3 is 2.50 bits per heavy atom. The number of carbonyl (C=O) groups is 1. The molecule has 0 aliphatic carbocycles. The maximum absolute atomic E-state index is 11.6. The van der Waals surface area contributed by atoms with E-state index in [4.69, 9.17) is 9.47 Å². The molecule has 0 aliphatic heterocycles. The van der Waals surface area contributed by atoms with E-state index in [1.54, 1.807) is 14.2 Å². The van der Waals surface area contributed by atoms with E-state index in [2.05, 4.69) is 0 Å². The van der Waals surface area contributed by atoms with Crippen molar-refractivity contribution in [2.75, 3.05) is 14.2 Å². The number of benzene rings is 1. The Bertz CT molecular complexity index is 397. The van der Waals surface area contributed by atoms with E-state index in [0.717, 1.165) is 29.9 Å². The van der Waals surface area contributed by atoms with Crippen molar-refractivity contribution in [3.8, 4) is 11.5 Å². The third kappa shape index (κ3) is 4.06. The second-order valence-electron chi connectivity index (χ2n) is 4.65. The summed E-state index contributed by atoms with van der Waals surface area (Å²) in [6.45, 7) is 3.88. The molecule has 0 fully saturated rings. The van der Waals surface area contributed by atoms with Crippen LogP contribution in [-0.4, -0.2) is 20.0 Å². The normalized spacial score (nSPS) is 10.5. The number of carbonyl (C=O) groups excluding carboxylic acids is 1. The smallest absolute Gasteiger partial charge is 0.135 e. The third-order valence-corrected chi connectivity index (χ3v) is 3.00. The van der Waals surface area contributed by atoms with Gasteiger partial charge in [0.2, 0.25) is 0 Å². The highest BCUT2D eigenvalue weighted by molar-refractivity contribution is 5.80. The van der Waals surface area contributed by atoms with Crippen LogP contribution in [0.15, 0.2) is 18.2 Å². The Kier molecular flexibility index (Phi) is 5.69. The number of ketones is 1. The molecule has 3 nitrogen and oxygen atoms in total. The van der Waals surface area contributed by atoms with E-state index in [-0.39, 0.29) is 5.92 Å². The molecule has 0 aliphatic rings. The highest BCUT2D eigenvalue weighted by atomic mass is 16.5. The number of hydrogen-bond acceptors (Lipinski definition) is 3. The number of ether oxygens (including phenoxy) is 2. The molecule has 0 bridgehead atoms. The summed E-state index contributed by atoms with van der Waals surface area (Å²) in [7, 11) is 3.30. The predicted octanol–water partition coefficient (Wildman–Crippen LogP) is 3.25. The zero-order chi connectivity index (χ0) is 13.5. The summed E-state index contributed by atoms with van der Waals surface area (Å²) in [5.41, 5.74) is 1.09. The average molecular weight is 250 g/mol. The molecule has 0 aromatic heterocycles. The molecule has 0 saturated carbocycles. The topological polar surface area (TPSA) is 35.5 Å². The molecule has 0 unspecified atom stereocenters. The van der Waals surface area contributed by atoms with Crippen LogP contribution >= 0.6 is 0 Å². The van der Waals surface area contributed by atoms with Crippen molar-refractivity contribution < 1.29 is 14.3 Å². The zero-order valence-electron chi connectivity index (χ0n) is 11.7. The maximum atomic E-state index is 11.6. The SMILES string of the molecule is COc1ccc(OC)c(CCCC(=O)C(C)C)c1. The van der Waals surface area contributed by atoms with Crippen LogP contribution in [0.5, 0.6) is 11.5 Å². The van der Waals surface area contributed by atoms with Gasteiger partial charge < -0.3 is 9.47 Å². The molecule has 0 spiro atoms. The summed E-state index contributed by atoms with van der Waals surface area (Å²) in [5, 5.41) is 0. The summed E-state index contributed by atoms with van der Waals surface area (Å²) < 4.78 is 10.5. The fourth-order valence-electron chi connectivity index (χ4n) is 1.82. The summed E-state index contributed by atoms with van der Waals surface area (Å²) in [6.07, 6.45) is 2.30. The van der Waals surface area contributed by atoms with Crippen LogP contribution in [0.1, 0.15) is 32.3 Å². The molecule has 1 rings (SSSR count). The van der Waals surface area contributed by atoms with Crippen LogP contribution in [0.4, 0.5) is 0 Å². The van der Waals surface area contributed by atoms with Gasteiger partial charge in [0.05, 0.1) is 14.2 Å². The lowest BCUT2D eigenvalue weighted by molar-refractivity contribution is -0.121. The molecular formula is C15H22O3. The largest absolute Gasteiger partial charge is 0.497 e. The predicted molar refractivity (Wildman–Crippen MR) is 72.3 cm³/mol. The van der Waals surface area contributed by atoms with Crippen molar-refractivity contribution in [2.45, 2.75) is 33.1 Å². The van der Waals surface area contributed by atoms with Gasteiger partial charge in [-0.1, -0.05) is 13.8 Å². The van der Waals surface area contributed by atoms with Crippen LogP contribution in [0, 0.1) is 5.92 Å². The van der Waals surface area contributed by atoms with Gasteiger partial charge in [0, 0.05) is 12.3 Å². The van der Waals surface area contributed by atoms with Gasteiger partial charge in [0.15, 0.2) is 0 Å². The number of rotatable bonds is 7. The van der Waals surface area contributed by atoms with Crippen molar-refractivity contribution in [1.82, 2.24) is 0 Å². The summed E-state index contributed by atoms with van der Waals surface area (Å²) >= 11 is 0. The molecule has 18 heavy (non-hydrogen) atoms. The third-order valence-electron chi connectivity index (χ3n) is 3.00. The van der Waals surface area contributed by atoms with Crippen molar-refractivity contribution in [3.63, 3.8) is 0 Å². The molecule has 100 valence electrons. The molecular weight excluding hydrogens is 228 g/mol. The van der Waals surface area contributed by atoms with Crippen LogP contribution < -0.4 is 9.47 Å². The van der Waals surface area contributed by atoms with Crippen LogP contribution in [0.25, 0.3) is 0 Å². The Morgan fingerprint density at radius 1 is 1.22 bits per heavy atom. The maximum Gasteiger partial charge on any atom is 0.135 e. The highest BCUT2D eigenvalue weighted by Gasteiger charge is 2.09. The first-order chi connectivity index (χ1) is 8.58. The lowest BCUT2D eigenvalue weighted by Crippen LogP contribution is -2.07. The first-order valence-corrected chi connectivity index (χ1v) is 6.32. The van der Waals surface area contributed by atoms with Crippen molar-refractivity contribution in [3.05, 3.63) is 23.8 Å². The number of Topliss-reactive ketones (excluding diaryl/α,β-unsaturated/α-hetero) is 1. The van der Waals surface area contributed by atoms with E-state index in [9.17, 15) is 4.79 Å². The zero-order valence-corrected chi connectivity index (χ0v) is 11.7. The van der Waals surface area contributed by atoms with Gasteiger partial charge in [0.1, 0.15) is 17.3 Å². The van der Waals surface area contributed by atoms with Gasteiger partial charge in [-0.2, -0.15) is 0 Å². The molecule has 1 aromatic carbocycles. The fourth-order valence-corrected chi connectivity index (χ4v) is 1.82. The van der Waals surface area contributed by atoms with Gasteiger partial charge >= 0.3 is 0 Å². The van der Waals surface area contributed by atoms with E-state index >= 15 is 0 Å². The van der Waals surface area contributed by atoms with Crippen molar-refractivity contribution >= 4 is 5.78 Å².